The number of benzene rings is 1. The van der Waals surface area contributed by atoms with Crippen molar-refractivity contribution in [3.05, 3.63) is 41.2 Å². The first kappa shape index (κ1) is 14.2. The lowest BCUT2D eigenvalue weighted by Crippen LogP contribution is -2.33. The smallest absolute Gasteiger partial charge is 0.328 e. The van der Waals surface area contributed by atoms with Gasteiger partial charge in [-0.2, -0.15) is 0 Å². The van der Waals surface area contributed by atoms with Gasteiger partial charge in [0, 0.05) is 18.7 Å². The van der Waals surface area contributed by atoms with Crippen molar-refractivity contribution in [1.29, 1.82) is 0 Å². The molecule has 20 heavy (non-hydrogen) atoms. The number of carbonyl (C=O) groups excluding carboxylic acids is 1. The summed E-state index contributed by atoms with van der Waals surface area (Å²) in [6.07, 6.45) is 4.16. The lowest BCUT2D eigenvalue weighted by Gasteiger charge is -2.20. The Labute approximate surface area is 116 Å². The van der Waals surface area contributed by atoms with Crippen LogP contribution < -0.4 is 0 Å². The summed E-state index contributed by atoms with van der Waals surface area (Å²) >= 11 is 0. The molecule has 2 rings (SSSR count). The molecule has 106 valence electrons. The summed E-state index contributed by atoms with van der Waals surface area (Å²) in [6, 6.07) is 4.35. The molecule has 0 unspecified atom stereocenters. The van der Waals surface area contributed by atoms with Crippen LogP contribution in [0.15, 0.2) is 24.3 Å². The second kappa shape index (κ2) is 5.86. The van der Waals surface area contributed by atoms with Gasteiger partial charge in [0.2, 0.25) is 0 Å². The number of aliphatic carboxylic acids is 1. The molecule has 1 aromatic carbocycles. The van der Waals surface area contributed by atoms with Crippen molar-refractivity contribution in [3.8, 4) is 0 Å². The standard InChI is InChI=1S/C15H16FNO3/c1-2-17(11-5-6-11)15(20)12-7-3-10(9-13(12)16)4-8-14(18)19/h3-4,7-9,11H,2,5-6H2,1H3,(H,18,19). The lowest BCUT2D eigenvalue weighted by atomic mass is 10.1. The summed E-state index contributed by atoms with van der Waals surface area (Å²) in [6.45, 7) is 2.43. The molecule has 1 aromatic rings. The second-order valence-electron chi connectivity index (χ2n) is 4.73. The molecule has 0 aliphatic heterocycles. The number of rotatable bonds is 5. The number of halogens is 1. The number of hydrogen-bond donors (Lipinski definition) is 1. The summed E-state index contributed by atoms with van der Waals surface area (Å²) < 4.78 is 14.0. The van der Waals surface area contributed by atoms with Crippen LogP contribution >= 0.6 is 0 Å². The van der Waals surface area contributed by atoms with Gasteiger partial charge in [-0.05, 0) is 43.5 Å². The number of carbonyl (C=O) groups is 2. The molecule has 0 aromatic heterocycles. The van der Waals surface area contributed by atoms with Gasteiger partial charge in [0.15, 0.2) is 0 Å². The Bertz CT molecular complexity index is 564. The minimum absolute atomic E-state index is 0.0335. The molecule has 1 saturated carbocycles. The molecule has 4 nitrogen and oxygen atoms in total. The fourth-order valence-corrected chi connectivity index (χ4v) is 2.08. The Morgan fingerprint density at radius 3 is 2.65 bits per heavy atom. The highest BCUT2D eigenvalue weighted by Crippen LogP contribution is 2.28. The highest BCUT2D eigenvalue weighted by Gasteiger charge is 2.32. The SMILES string of the molecule is CCN(C(=O)c1ccc(C=CC(=O)O)cc1F)C1CC1. The van der Waals surface area contributed by atoms with Crippen LogP contribution in [0, 0.1) is 5.82 Å². The second-order valence-corrected chi connectivity index (χ2v) is 4.73. The van der Waals surface area contributed by atoms with E-state index in [4.69, 9.17) is 5.11 Å². The molecule has 0 saturated heterocycles. The zero-order valence-corrected chi connectivity index (χ0v) is 11.2. The molecule has 0 spiro atoms. The van der Waals surface area contributed by atoms with Crippen molar-refractivity contribution in [2.24, 2.45) is 0 Å². The van der Waals surface area contributed by atoms with Gasteiger partial charge in [-0.15, -0.1) is 0 Å². The van der Waals surface area contributed by atoms with Crippen molar-refractivity contribution in [2.75, 3.05) is 6.54 Å². The fraction of sp³-hybridized carbons (Fsp3) is 0.333. The maximum atomic E-state index is 14.0. The molecule has 1 amide bonds. The van der Waals surface area contributed by atoms with Crippen molar-refractivity contribution in [3.63, 3.8) is 0 Å². The summed E-state index contributed by atoms with van der Waals surface area (Å²) in [5.41, 5.74) is 0.446. The van der Waals surface area contributed by atoms with E-state index in [1.54, 1.807) is 4.90 Å². The van der Waals surface area contributed by atoms with Crippen molar-refractivity contribution in [2.45, 2.75) is 25.8 Å². The van der Waals surface area contributed by atoms with E-state index < -0.39 is 11.8 Å². The Morgan fingerprint density at radius 2 is 2.15 bits per heavy atom. The van der Waals surface area contributed by atoms with E-state index in [0.717, 1.165) is 18.9 Å². The summed E-state index contributed by atoms with van der Waals surface area (Å²) in [5.74, 6) is -2.03. The predicted molar refractivity (Wildman–Crippen MR) is 72.8 cm³/mol. The first-order chi connectivity index (χ1) is 9.52. The van der Waals surface area contributed by atoms with Crippen LogP contribution in [0.25, 0.3) is 6.08 Å². The van der Waals surface area contributed by atoms with Gasteiger partial charge < -0.3 is 10.0 Å². The minimum atomic E-state index is -1.10. The van der Waals surface area contributed by atoms with Crippen LogP contribution in [-0.4, -0.2) is 34.5 Å². The van der Waals surface area contributed by atoms with Crippen molar-refractivity contribution >= 4 is 18.0 Å². The number of carboxylic acid groups (broad SMARTS) is 1. The summed E-state index contributed by atoms with van der Waals surface area (Å²) in [5, 5.41) is 8.52. The molecule has 0 atom stereocenters. The van der Waals surface area contributed by atoms with E-state index in [0.29, 0.717) is 12.1 Å². The van der Waals surface area contributed by atoms with Crippen LogP contribution in [-0.2, 0) is 4.79 Å². The zero-order valence-electron chi connectivity index (χ0n) is 11.2. The molecular weight excluding hydrogens is 261 g/mol. The summed E-state index contributed by atoms with van der Waals surface area (Å²) in [7, 11) is 0. The van der Waals surface area contributed by atoms with Crippen LogP contribution in [0.3, 0.4) is 0 Å². The quantitative estimate of drug-likeness (QED) is 0.841. The van der Waals surface area contributed by atoms with Crippen molar-refractivity contribution in [1.82, 2.24) is 4.90 Å². The van der Waals surface area contributed by atoms with Gasteiger partial charge in [0.25, 0.3) is 5.91 Å². The Balaban J connectivity index is 2.20. The van der Waals surface area contributed by atoms with Crippen LogP contribution in [0.2, 0.25) is 0 Å². The lowest BCUT2D eigenvalue weighted by molar-refractivity contribution is -0.131. The largest absolute Gasteiger partial charge is 0.478 e. The van der Waals surface area contributed by atoms with Gasteiger partial charge in [0.1, 0.15) is 5.82 Å². The van der Waals surface area contributed by atoms with Gasteiger partial charge in [-0.1, -0.05) is 6.07 Å². The van der Waals surface area contributed by atoms with Gasteiger partial charge >= 0.3 is 5.97 Å². The Kier molecular flexibility index (Phi) is 4.17. The molecule has 1 aliphatic carbocycles. The number of hydrogen-bond acceptors (Lipinski definition) is 2. The number of nitrogens with zero attached hydrogens (tertiary/aromatic N) is 1. The first-order valence-corrected chi connectivity index (χ1v) is 6.54. The van der Waals surface area contributed by atoms with Crippen LogP contribution in [0.4, 0.5) is 4.39 Å². The molecule has 0 heterocycles. The molecular formula is C15H16FNO3. The minimum Gasteiger partial charge on any atom is -0.478 e. The molecule has 0 bridgehead atoms. The molecule has 0 radical (unpaired) electrons. The normalized spacial score (nSPS) is 14.5. The number of amides is 1. The van der Waals surface area contributed by atoms with E-state index in [1.807, 2.05) is 6.92 Å². The van der Waals surface area contributed by atoms with Gasteiger partial charge in [0.05, 0.1) is 5.56 Å². The monoisotopic (exact) mass is 277 g/mol. The third-order valence-electron chi connectivity index (χ3n) is 3.23. The molecule has 1 aliphatic rings. The number of carboxylic acids is 1. The first-order valence-electron chi connectivity index (χ1n) is 6.54. The van der Waals surface area contributed by atoms with Crippen molar-refractivity contribution < 1.29 is 19.1 Å². The maximum Gasteiger partial charge on any atom is 0.328 e. The Morgan fingerprint density at radius 1 is 1.45 bits per heavy atom. The van der Waals surface area contributed by atoms with Crippen LogP contribution in [0.5, 0.6) is 0 Å². The third kappa shape index (κ3) is 3.23. The molecule has 5 heteroatoms. The predicted octanol–water partition coefficient (Wildman–Crippen LogP) is 2.55. The third-order valence-corrected chi connectivity index (χ3v) is 3.23. The maximum absolute atomic E-state index is 14.0. The average Bonchev–Trinajstić information content (AvgIpc) is 3.21. The molecule has 1 fully saturated rings. The molecule has 1 N–H and O–H groups in total. The van der Waals surface area contributed by atoms with E-state index in [1.165, 1.54) is 24.3 Å². The highest BCUT2D eigenvalue weighted by molar-refractivity contribution is 5.95. The Hall–Kier alpha value is -2.17. The topological polar surface area (TPSA) is 57.6 Å². The van der Waals surface area contributed by atoms with Gasteiger partial charge in [-0.3, -0.25) is 4.79 Å². The van der Waals surface area contributed by atoms with E-state index >= 15 is 0 Å². The zero-order chi connectivity index (χ0) is 14.7. The van der Waals surface area contributed by atoms with Crippen LogP contribution in [0.1, 0.15) is 35.7 Å². The van der Waals surface area contributed by atoms with E-state index in [-0.39, 0.29) is 17.5 Å². The summed E-state index contributed by atoms with van der Waals surface area (Å²) in [4.78, 5) is 24.3. The highest BCUT2D eigenvalue weighted by atomic mass is 19.1. The van der Waals surface area contributed by atoms with Gasteiger partial charge in [-0.25, -0.2) is 9.18 Å². The van der Waals surface area contributed by atoms with E-state index in [2.05, 4.69) is 0 Å². The average molecular weight is 277 g/mol. The van der Waals surface area contributed by atoms with E-state index in [9.17, 15) is 14.0 Å². The fourth-order valence-electron chi connectivity index (χ4n) is 2.08.